The van der Waals surface area contributed by atoms with E-state index < -0.39 is 28.4 Å². The van der Waals surface area contributed by atoms with Crippen LogP contribution < -0.4 is 4.72 Å². The predicted molar refractivity (Wildman–Crippen MR) is 93.3 cm³/mol. The molecular formula is C18H18FNO4S. The normalized spacial score (nSPS) is 11.6. The minimum atomic E-state index is -3.78. The van der Waals surface area contributed by atoms with Crippen molar-refractivity contribution < 1.29 is 22.3 Å². The fraction of sp³-hybridized carbons (Fsp3) is 0.167. The zero-order valence-corrected chi connectivity index (χ0v) is 14.4. The van der Waals surface area contributed by atoms with Gasteiger partial charge in [0.1, 0.15) is 19.0 Å². The Morgan fingerprint density at radius 3 is 2.52 bits per heavy atom. The molecule has 0 saturated carbocycles. The number of benzene rings is 2. The van der Waals surface area contributed by atoms with Crippen LogP contribution in [0.25, 0.3) is 6.08 Å². The van der Waals surface area contributed by atoms with Gasteiger partial charge in [0.25, 0.3) is 0 Å². The molecule has 0 saturated heterocycles. The zero-order valence-electron chi connectivity index (χ0n) is 13.6. The lowest BCUT2D eigenvalue weighted by atomic mass is 10.2. The molecule has 0 spiro atoms. The van der Waals surface area contributed by atoms with Crippen molar-refractivity contribution in [1.29, 1.82) is 0 Å². The topological polar surface area (TPSA) is 72.5 Å². The van der Waals surface area contributed by atoms with E-state index in [-0.39, 0.29) is 12.2 Å². The number of aryl methyl sites for hydroxylation is 1. The molecule has 0 aliphatic carbocycles. The highest BCUT2D eigenvalue weighted by Crippen LogP contribution is 2.08. The van der Waals surface area contributed by atoms with Crippen LogP contribution in [0.3, 0.4) is 0 Å². The average Bonchev–Trinajstić information content (AvgIpc) is 2.59. The van der Waals surface area contributed by atoms with E-state index in [4.69, 9.17) is 4.74 Å². The van der Waals surface area contributed by atoms with E-state index in [2.05, 4.69) is 4.72 Å². The second kappa shape index (κ2) is 8.55. The Morgan fingerprint density at radius 2 is 1.84 bits per heavy atom. The van der Waals surface area contributed by atoms with E-state index in [1.807, 2.05) is 19.1 Å². The molecule has 0 heterocycles. The molecule has 132 valence electrons. The van der Waals surface area contributed by atoms with Crippen LogP contribution >= 0.6 is 0 Å². The van der Waals surface area contributed by atoms with Gasteiger partial charge in [0, 0.05) is 11.0 Å². The molecule has 25 heavy (non-hydrogen) atoms. The fourth-order valence-electron chi connectivity index (χ4n) is 1.88. The van der Waals surface area contributed by atoms with Gasteiger partial charge in [-0.1, -0.05) is 48.0 Å². The Balaban J connectivity index is 1.83. The Hall–Kier alpha value is -2.51. The summed E-state index contributed by atoms with van der Waals surface area (Å²) in [5.74, 6) is -1.28. The highest BCUT2D eigenvalue weighted by atomic mass is 32.2. The number of sulfonamides is 1. The average molecular weight is 363 g/mol. The Bertz CT molecular complexity index is 861. The first kappa shape index (κ1) is 18.8. The van der Waals surface area contributed by atoms with Crippen LogP contribution in [0.5, 0.6) is 0 Å². The van der Waals surface area contributed by atoms with Gasteiger partial charge < -0.3 is 4.74 Å². The molecule has 0 fully saturated rings. The van der Waals surface area contributed by atoms with Gasteiger partial charge in [-0.3, -0.25) is 4.79 Å². The van der Waals surface area contributed by atoms with Crippen molar-refractivity contribution in [3.05, 3.63) is 76.4 Å². The summed E-state index contributed by atoms with van der Waals surface area (Å²) >= 11 is 0. The van der Waals surface area contributed by atoms with Crippen molar-refractivity contribution in [3.63, 3.8) is 0 Å². The third-order valence-corrected chi connectivity index (χ3v) is 4.32. The predicted octanol–water partition coefficient (Wildman–Crippen LogP) is 2.77. The van der Waals surface area contributed by atoms with Crippen LogP contribution in [0.15, 0.2) is 53.9 Å². The summed E-state index contributed by atoms with van der Waals surface area (Å²) in [5, 5.41) is 0.974. The first-order chi connectivity index (χ1) is 11.9. The third-order valence-electron chi connectivity index (χ3n) is 3.28. The van der Waals surface area contributed by atoms with Crippen LogP contribution in [-0.2, 0) is 26.2 Å². The van der Waals surface area contributed by atoms with Gasteiger partial charge >= 0.3 is 5.97 Å². The number of ether oxygens (including phenoxy) is 1. The summed E-state index contributed by atoms with van der Waals surface area (Å²) in [5.41, 5.74) is 2.01. The SMILES string of the molecule is Cc1ccc(/C=C/S(=O)(=O)NCC(=O)OCc2ccccc2F)cc1. The first-order valence-corrected chi connectivity index (χ1v) is 9.04. The van der Waals surface area contributed by atoms with E-state index in [0.29, 0.717) is 0 Å². The number of nitrogens with one attached hydrogen (secondary N) is 1. The van der Waals surface area contributed by atoms with Gasteiger partial charge in [0.05, 0.1) is 0 Å². The molecule has 2 aromatic rings. The van der Waals surface area contributed by atoms with Crippen LogP contribution in [0.4, 0.5) is 4.39 Å². The number of carbonyl (C=O) groups excluding carboxylic acids is 1. The molecule has 0 radical (unpaired) electrons. The Kier molecular flexibility index (Phi) is 6.44. The lowest BCUT2D eigenvalue weighted by molar-refractivity contribution is -0.143. The Morgan fingerprint density at radius 1 is 1.16 bits per heavy atom. The summed E-state index contributed by atoms with van der Waals surface area (Å²) in [4.78, 5) is 11.6. The minimum Gasteiger partial charge on any atom is -0.460 e. The van der Waals surface area contributed by atoms with E-state index >= 15 is 0 Å². The largest absolute Gasteiger partial charge is 0.460 e. The van der Waals surface area contributed by atoms with E-state index in [1.54, 1.807) is 18.2 Å². The molecule has 2 rings (SSSR count). The molecule has 0 aliphatic heterocycles. The molecule has 0 aromatic heterocycles. The molecule has 2 aromatic carbocycles. The lowest BCUT2D eigenvalue weighted by Gasteiger charge is -2.06. The maximum Gasteiger partial charge on any atom is 0.321 e. The smallest absolute Gasteiger partial charge is 0.321 e. The number of carbonyl (C=O) groups is 1. The van der Waals surface area contributed by atoms with E-state index in [0.717, 1.165) is 16.5 Å². The van der Waals surface area contributed by atoms with Crippen LogP contribution in [0.1, 0.15) is 16.7 Å². The lowest BCUT2D eigenvalue weighted by Crippen LogP contribution is -2.29. The second-order valence-corrected chi connectivity index (χ2v) is 6.98. The maximum absolute atomic E-state index is 13.4. The summed E-state index contributed by atoms with van der Waals surface area (Å²) in [6.07, 6.45) is 1.42. The monoisotopic (exact) mass is 363 g/mol. The van der Waals surface area contributed by atoms with Crippen molar-refractivity contribution in [2.24, 2.45) is 0 Å². The summed E-state index contributed by atoms with van der Waals surface area (Å²) in [7, 11) is -3.78. The second-order valence-electron chi connectivity index (χ2n) is 5.33. The molecule has 0 atom stereocenters. The molecule has 0 amide bonds. The molecule has 0 unspecified atom stereocenters. The van der Waals surface area contributed by atoms with Gasteiger partial charge in [-0.2, -0.15) is 0 Å². The van der Waals surface area contributed by atoms with Crippen molar-refractivity contribution in [2.45, 2.75) is 13.5 Å². The minimum absolute atomic E-state index is 0.220. The summed E-state index contributed by atoms with van der Waals surface area (Å²) in [6, 6.07) is 13.2. The molecule has 7 heteroatoms. The number of hydrogen-bond donors (Lipinski definition) is 1. The van der Waals surface area contributed by atoms with Gasteiger partial charge in [-0.05, 0) is 24.6 Å². The first-order valence-electron chi connectivity index (χ1n) is 7.49. The van der Waals surface area contributed by atoms with Crippen molar-refractivity contribution in [1.82, 2.24) is 4.72 Å². The molecule has 0 aliphatic rings. The highest BCUT2D eigenvalue weighted by Gasteiger charge is 2.11. The standard InChI is InChI=1S/C18H18FNO4S/c1-14-6-8-15(9-7-14)10-11-25(22,23)20-12-18(21)24-13-16-4-2-3-5-17(16)19/h2-11,20H,12-13H2,1H3/b11-10+. The number of halogens is 1. The third kappa shape index (κ3) is 6.48. The number of esters is 1. The van der Waals surface area contributed by atoms with Crippen molar-refractivity contribution in [3.8, 4) is 0 Å². The molecule has 0 bridgehead atoms. The van der Waals surface area contributed by atoms with E-state index in [9.17, 15) is 17.6 Å². The molecule has 1 N–H and O–H groups in total. The fourth-order valence-corrected chi connectivity index (χ4v) is 2.63. The van der Waals surface area contributed by atoms with Gasteiger partial charge in [0.15, 0.2) is 0 Å². The van der Waals surface area contributed by atoms with Crippen LogP contribution in [-0.4, -0.2) is 20.9 Å². The van der Waals surface area contributed by atoms with E-state index in [1.165, 1.54) is 24.3 Å². The summed E-state index contributed by atoms with van der Waals surface area (Å²) in [6.45, 7) is 1.14. The van der Waals surface area contributed by atoms with Crippen LogP contribution in [0.2, 0.25) is 0 Å². The molecular weight excluding hydrogens is 345 g/mol. The summed E-state index contributed by atoms with van der Waals surface area (Å²) < 4.78 is 44.0. The quantitative estimate of drug-likeness (QED) is 0.768. The highest BCUT2D eigenvalue weighted by molar-refractivity contribution is 7.92. The van der Waals surface area contributed by atoms with Gasteiger partial charge in [-0.15, -0.1) is 0 Å². The van der Waals surface area contributed by atoms with Crippen molar-refractivity contribution in [2.75, 3.05) is 6.54 Å². The molecule has 5 nitrogen and oxygen atoms in total. The Labute approximate surface area is 146 Å². The van der Waals surface area contributed by atoms with Gasteiger partial charge in [-0.25, -0.2) is 17.5 Å². The number of rotatable bonds is 7. The zero-order chi connectivity index (χ0) is 18.3. The maximum atomic E-state index is 13.4. The van der Waals surface area contributed by atoms with Gasteiger partial charge in [0.2, 0.25) is 10.0 Å². The van der Waals surface area contributed by atoms with Crippen LogP contribution in [0, 0.1) is 12.7 Å². The van der Waals surface area contributed by atoms with Crippen molar-refractivity contribution >= 4 is 22.1 Å². The number of hydrogen-bond acceptors (Lipinski definition) is 4.